The van der Waals surface area contributed by atoms with Crippen LogP contribution in [0.1, 0.15) is 56.2 Å². The fourth-order valence-electron chi connectivity index (χ4n) is 2.63. The summed E-state index contributed by atoms with van der Waals surface area (Å²) < 4.78 is 5.40. The molecule has 2 rings (SSSR count). The van der Waals surface area contributed by atoms with E-state index in [2.05, 4.69) is 38.1 Å². The SMILES string of the molecule is CCC(C)c1ccc(C(N)C2CCOCC2)cc1. The third-order valence-corrected chi connectivity index (χ3v) is 4.28. The van der Waals surface area contributed by atoms with Crippen LogP contribution in [0.5, 0.6) is 0 Å². The van der Waals surface area contributed by atoms with E-state index in [0.717, 1.165) is 26.1 Å². The number of benzene rings is 1. The van der Waals surface area contributed by atoms with E-state index in [9.17, 15) is 0 Å². The van der Waals surface area contributed by atoms with E-state index >= 15 is 0 Å². The first-order valence-electron chi connectivity index (χ1n) is 7.15. The van der Waals surface area contributed by atoms with Crippen molar-refractivity contribution in [2.24, 2.45) is 11.7 Å². The maximum absolute atomic E-state index is 6.37. The quantitative estimate of drug-likeness (QED) is 0.882. The lowest BCUT2D eigenvalue weighted by Gasteiger charge is -2.28. The van der Waals surface area contributed by atoms with Gasteiger partial charge in [0.1, 0.15) is 0 Å². The fourth-order valence-corrected chi connectivity index (χ4v) is 2.63. The highest BCUT2D eigenvalue weighted by atomic mass is 16.5. The summed E-state index contributed by atoms with van der Waals surface area (Å²) in [6.07, 6.45) is 3.37. The molecule has 0 spiro atoms. The molecule has 1 aromatic rings. The van der Waals surface area contributed by atoms with Gasteiger partial charge < -0.3 is 10.5 Å². The maximum atomic E-state index is 6.37. The topological polar surface area (TPSA) is 35.2 Å². The fraction of sp³-hybridized carbons (Fsp3) is 0.625. The molecule has 2 heteroatoms. The normalized spacial score (nSPS) is 20.6. The predicted molar refractivity (Wildman–Crippen MR) is 75.6 cm³/mol. The molecule has 1 heterocycles. The van der Waals surface area contributed by atoms with Gasteiger partial charge in [-0.05, 0) is 42.2 Å². The molecule has 1 aliphatic heterocycles. The lowest BCUT2D eigenvalue weighted by atomic mass is 9.87. The lowest BCUT2D eigenvalue weighted by Crippen LogP contribution is -2.27. The summed E-state index contributed by atoms with van der Waals surface area (Å²) in [6, 6.07) is 9.06. The summed E-state index contributed by atoms with van der Waals surface area (Å²) in [5.74, 6) is 1.21. The summed E-state index contributed by atoms with van der Waals surface area (Å²) >= 11 is 0. The molecule has 2 nitrogen and oxygen atoms in total. The molecule has 18 heavy (non-hydrogen) atoms. The highest BCUT2D eigenvalue weighted by Crippen LogP contribution is 2.29. The van der Waals surface area contributed by atoms with E-state index in [1.165, 1.54) is 17.5 Å². The second-order valence-corrected chi connectivity index (χ2v) is 5.45. The zero-order valence-electron chi connectivity index (χ0n) is 11.6. The molecule has 1 fully saturated rings. The summed E-state index contributed by atoms with van der Waals surface area (Å²) in [5, 5.41) is 0. The van der Waals surface area contributed by atoms with Gasteiger partial charge in [-0.25, -0.2) is 0 Å². The first kappa shape index (κ1) is 13.6. The van der Waals surface area contributed by atoms with Crippen LogP contribution in [0.4, 0.5) is 0 Å². The first-order chi connectivity index (χ1) is 8.72. The van der Waals surface area contributed by atoms with E-state index in [-0.39, 0.29) is 6.04 Å². The van der Waals surface area contributed by atoms with Crippen LogP contribution >= 0.6 is 0 Å². The van der Waals surface area contributed by atoms with Crippen molar-refractivity contribution in [2.75, 3.05) is 13.2 Å². The second-order valence-electron chi connectivity index (χ2n) is 5.45. The molecule has 0 amide bonds. The van der Waals surface area contributed by atoms with Crippen LogP contribution in [0.2, 0.25) is 0 Å². The van der Waals surface area contributed by atoms with Gasteiger partial charge in [0.05, 0.1) is 0 Å². The molecular weight excluding hydrogens is 222 g/mol. The summed E-state index contributed by atoms with van der Waals surface area (Å²) in [6.45, 7) is 6.23. The second kappa shape index (κ2) is 6.35. The van der Waals surface area contributed by atoms with Crippen molar-refractivity contribution < 1.29 is 4.74 Å². The number of hydrogen-bond acceptors (Lipinski definition) is 2. The summed E-state index contributed by atoms with van der Waals surface area (Å²) in [5.41, 5.74) is 9.06. The molecule has 2 unspecified atom stereocenters. The molecule has 0 saturated carbocycles. The van der Waals surface area contributed by atoms with Crippen LogP contribution in [0.3, 0.4) is 0 Å². The number of rotatable bonds is 4. The summed E-state index contributed by atoms with van der Waals surface area (Å²) in [7, 11) is 0. The van der Waals surface area contributed by atoms with Crippen molar-refractivity contribution >= 4 is 0 Å². The van der Waals surface area contributed by atoms with E-state index in [0.29, 0.717) is 11.8 Å². The lowest BCUT2D eigenvalue weighted by molar-refractivity contribution is 0.0584. The van der Waals surface area contributed by atoms with Gasteiger partial charge in [-0.15, -0.1) is 0 Å². The maximum Gasteiger partial charge on any atom is 0.0469 e. The van der Waals surface area contributed by atoms with Crippen LogP contribution in [-0.2, 0) is 4.74 Å². The van der Waals surface area contributed by atoms with Gasteiger partial charge in [0, 0.05) is 19.3 Å². The van der Waals surface area contributed by atoms with Gasteiger partial charge in [-0.3, -0.25) is 0 Å². The molecule has 1 aliphatic rings. The van der Waals surface area contributed by atoms with Crippen LogP contribution < -0.4 is 5.73 Å². The zero-order valence-corrected chi connectivity index (χ0v) is 11.6. The van der Waals surface area contributed by atoms with Crippen molar-refractivity contribution in [3.63, 3.8) is 0 Å². The molecule has 0 aromatic heterocycles. The van der Waals surface area contributed by atoms with E-state index in [4.69, 9.17) is 10.5 Å². The Morgan fingerprint density at radius 3 is 2.28 bits per heavy atom. The number of nitrogens with two attached hydrogens (primary N) is 1. The molecule has 100 valence electrons. The Hall–Kier alpha value is -0.860. The van der Waals surface area contributed by atoms with Gasteiger partial charge in [0.15, 0.2) is 0 Å². The third-order valence-electron chi connectivity index (χ3n) is 4.28. The molecule has 2 atom stereocenters. The van der Waals surface area contributed by atoms with Gasteiger partial charge in [0.25, 0.3) is 0 Å². The zero-order chi connectivity index (χ0) is 13.0. The number of ether oxygens (including phenoxy) is 1. The van der Waals surface area contributed by atoms with E-state index in [1.807, 2.05) is 0 Å². The summed E-state index contributed by atoms with van der Waals surface area (Å²) in [4.78, 5) is 0. The Bertz CT molecular complexity index is 354. The van der Waals surface area contributed by atoms with Crippen LogP contribution in [0.15, 0.2) is 24.3 Å². The van der Waals surface area contributed by atoms with Crippen molar-refractivity contribution in [3.8, 4) is 0 Å². The molecule has 0 bridgehead atoms. The Morgan fingerprint density at radius 2 is 1.72 bits per heavy atom. The van der Waals surface area contributed by atoms with E-state index in [1.54, 1.807) is 0 Å². The highest BCUT2D eigenvalue weighted by Gasteiger charge is 2.22. The highest BCUT2D eigenvalue weighted by molar-refractivity contribution is 5.27. The minimum atomic E-state index is 0.167. The van der Waals surface area contributed by atoms with Crippen molar-refractivity contribution in [1.82, 2.24) is 0 Å². The number of hydrogen-bond donors (Lipinski definition) is 1. The minimum Gasteiger partial charge on any atom is -0.381 e. The first-order valence-corrected chi connectivity index (χ1v) is 7.15. The van der Waals surface area contributed by atoms with Crippen molar-refractivity contribution in [3.05, 3.63) is 35.4 Å². The average molecular weight is 247 g/mol. The Labute approximate surface area is 111 Å². The smallest absolute Gasteiger partial charge is 0.0469 e. The molecule has 2 N–H and O–H groups in total. The largest absolute Gasteiger partial charge is 0.381 e. The van der Waals surface area contributed by atoms with Crippen molar-refractivity contribution in [1.29, 1.82) is 0 Å². The average Bonchev–Trinajstić information content (AvgIpc) is 2.47. The van der Waals surface area contributed by atoms with Crippen LogP contribution in [-0.4, -0.2) is 13.2 Å². The van der Waals surface area contributed by atoms with Gasteiger partial charge in [-0.2, -0.15) is 0 Å². The Kier molecular flexibility index (Phi) is 4.79. The van der Waals surface area contributed by atoms with Crippen molar-refractivity contribution in [2.45, 2.75) is 45.1 Å². The van der Waals surface area contributed by atoms with Gasteiger partial charge >= 0.3 is 0 Å². The van der Waals surface area contributed by atoms with Crippen LogP contribution in [0, 0.1) is 5.92 Å². The van der Waals surface area contributed by atoms with Gasteiger partial charge in [0.2, 0.25) is 0 Å². The van der Waals surface area contributed by atoms with Gasteiger partial charge in [-0.1, -0.05) is 38.1 Å². The predicted octanol–water partition coefficient (Wildman–Crippen LogP) is 3.63. The Morgan fingerprint density at radius 1 is 1.17 bits per heavy atom. The molecule has 0 aliphatic carbocycles. The monoisotopic (exact) mass is 247 g/mol. The minimum absolute atomic E-state index is 0.167. The standard InChI is InChI=1S/C16H25NO/c1-3-12(2)13-4-6-14(7-5-13)16(17)15-8-10-18-11-9-15/h4-7,12,15-16H,3,8-11,17H2,1-2H3. The molecular formula is C16H25NO. The molecule has 0 radical (unpaired) electrons. The Balaban J connectivity index is 2.03. The molecule has 1 aromatic carbocycles. The van der Waals surface area contributed by atoms with E-state index < -0.39 is 0 Å². The third kappa shape index (κ3) is 3.12. The molecule has 1 saturated heterocycles. The van der Waals surface area contributed by atoms with Crippen LogP contribution in [0.25, 0.3) is 0 Å².